The smallest absolute Gasteiger partial charge is 0.0351 e. The van der Waals surface area contributed by atoms with Gasteiger partial charge in [0.15, 0.2) is 0 Å². The van der Waals surface area contributed by atoms with Crippen molar-refractivity contribution >= 4 is 11.6 Å². The first kappa shape index (κ1) is 12.2. The van der Waals surface area contributed by atoms with Crippen molar-refractivity contribution in [3.8, 4) is 0 Å². The van der Waals surface area contributed by atoms with Gasteiger partial charge in [0.2, 0.25) is 0 Å². The summed E-state index contributed by atoms with van der Waals surface area (Å²) >= 11 is 5.72. The molecule has 0 unspecified atom stereocenters. The van der Waals surface area contributed by atoms with Crippen molar-refractivity contribution in [1.29, 1.82) is 0 Å². The van der Waals surface area contributed by atoms with Gasteiger partial charge in [-0.15, -0.1) is 11.6 Å². The van der Waals surface area contributed by atoms with E-state index in [4.69, 9.17) is 11.6 Å². The Morgan fingerprint density at radius 3 is 2.17 bits per heavy atom. The fraction of sp³-hybridized carbons (Fsp3) is 1.00. The predicted octanol–water partition coefficient (Wildman–Crippen LogP) is 2.65. The van der Waals surface area contributed by atoms with Gasteiger partial charge in [0.25, 0.3) is 0 Å². The second-order valence-electron chi connectivity index (χ2n) is 3.56. The number of halogens is 1. The minimum absolute atomic E-state index is 0. The maximum Gasteiger partial charge on any atom is 0.0351 e. The zero-order chi connectivity index (χ0) is 8.27. The van der Waals surface area contributed by atoms with Gasteiger partial charge in [0.1, 0.15) is 0 Å². The maximum absolute atomic E-state index is 5.72. The third-order valence-corrected chi connectivity index (χ3v) is 2.89. The number of nitrogens with zero attached hydrogens (tertiary/aromatic N) is 1. The lowest BCUT2D eigenvalue weighted by Gasteiger charge is -2.38. The summed E-state index contributed by atoms with van der Waals surface area (Å²) in [5.41, 5.74) is 0. The number of hydrogen-bond acceptors (Lipinski definition) is 2. The Morgan fingerprint density at radius 1 is 1.25 bits per heavy atom. The van der Waals surface area contributed by atoms with Crippen LogP contribution < -0.4 is 6.15 Å². The van der Waals surface area contributed by atoms with Crippen LogP contribution in [0.1, 0.15) is 33.1 Å². The highest BCUT2D eigenvalue weighted by Gasteiger charge is 2.23. The Hall–Kier alpha value is 0.210. The molecule has 0 amide bonds. The first-order valence-electron chi connectivity index (χ1n) is 4.57. The van der Waals surface area contributed by atoms with Crippen LogP contribution in [0.2, 0.25) is 0 Å². The lowest BCUT2D eigenvalue weighted by atomic mass is 9.98. The van der Waals surface area contributed by atoms with Gasteiger partial charge in [-0.05, 0) is 26.7 Å². The largest absolute Gasteiger partial charge is 0.344 e. The quantitative estimate of drug-likeness (QED) is 0.684. The van der Waals surface area contributed by atoms with Crippen molar-refractivity contribution in [3.05, 3.63) is 0 Å². The molecular weight excluding hydrogens is 172 g/mol. The molecule has 0 aliphatic carbocycles. The number of alkyl halides is 1. The van der Waals surface area contributed by atoms with Crippen LogP contribution in [-0.4, -0.2) is 29.4 Å². The minimum atomic E-state index is 0. The van der Waals surface area contributed by atoms with E-state index < -0.39 is 0 Å². The van der Waals surface area contributed by atoms with Crippen LogP contribution >= 0.6 is 11.6 Å². The van der Waals surface area contributed by atoms with E-state index in [9.17, 15) is 0 Å². The van der Waals surface area contributed by atoms with Crippen LogP contribution in [0.15, 0.2) is 0 Å². The Kier molecular flexibility index (Phi) is 5.89. The standard InChI is InChI=1S/C9H18ClN.H3N/c1-8-4-3-5-9(2)11(8)7-6-10;/h8-9H,3-7H2,1-2H3;1H3/t8-,9+;. The van der Waals surface area contributed by atoms with Crippen LogP contribution in [0.3, 0.4) is 0 Å². The molecule has 1 saturated heterocycles. The van der Waals surface area contributed by atoms with Crippen molar-refractivity contribution in [1.82, 2.24) is 11.1 Å². The van der Waals surface area contributed by atoms with Gasteiger partial charge < -0.3 is 6.15 Å². The van der Waals surface area contributed by atoms with Crippen molar-refractivity contribution in [2.45, 2.75) is 45.2 Å². The summed E-state index contributed by atoms with van der Waals surface area (Å²) < 4.78 is 0. The number of likely N-dealkylation sites (tertiary alicyclic amines) is 1. The molecule has 0 bridgehead atoms. The van der Waals surface area contributed by atoms with E-state index in [1.54, 1.807) is 0 Å². The molecule has 0 radical (unpaired) electrons. The third-order valence-electron chi connectivity index (χ3n) is 2.72. The van der Waals surface area contributed by atoms with Crippen LogP contribution in [0.25, 0.3) is 0 Å². The number of rotatable bonds is 2. The molecule has 1 aliphatic rings. The topological polar surface area (TPSA) is 38.2 Å². The predicted molar refractivity (Wildman–Crippen MR) is 55.2 cm³/mol. The summed E-state index contributed by atoms with van der Waals surface area (Å²) in [6, 6.07) is 1.50. The molecule has 2 atom stereocenters. The Morgan fingerprint density at radius 2 is 1.75 bits per heavy atom. The Balaban J connectivity index is 0.00000121. The summed E-state index contributed by atoms with van der Waals surface area (Å²) in [5, 5.41) is 0. The molecule has 0 aromatic heterocycles. The van der Waals surface area contributed by atoms with Gasteiger partial charge in [-0.1, -0.05) is 6.42 Å². The summed E-state index contributed by atoms with van der Waals surface area (Å²) in [6.45, 7) is 5.67. The molecule has 1 rings (SSSR count). The van der Waals surface area contributed by atoms with Gasteiger partial charge in [0, 0.05) is 24.5 Å². The molecule has 1 heterocycles. The molecule has 3 N–H and O–H groups in total. The molecule has 1 aliphatic heterocycles. The molecule has 74 valence electrons. The van der Waals surface area contributed by atoms with Gasteiger partial charge >= 0.3 is 0 Å². The van der Waals surface area contributed by atoms with Crippen molar-refractivity contribution in [2.24, 2.45) is 0 Å². The highest BCUT2D eigenvalue weighted by Crippen LogP contribution is 2.21. The summed E-state index contributed by atoms with van der Waals surface area (Å²) in [4.78, 5) is 2.52. The third kappa shape index (κ3) is 2.92. The molecule has 2 nitrogen and oxygen atoms in total. The van der Waals surface area contributed by atoms with Gasteiger partial charge in [-0.2, -0.15) is 0 Å². The zero-order valence-corrected chi connectivity index (χ0v) is 8.98. The van der Waals surface area contributed by atoms with Crippen molar-refractivity contribution in [3.63, 3.8) is 0 Å². The lowest BCUT2D eigenvalue weighted by Crippen LogP contribution is -2.44. The average molecular weight is 193 g/mol. The van der Waals surface area contributed by atoms with Crippen LogP contribution in [-0.2, 0) is 0 Å². The SMILES string of the molecule is C[C@@H]1CCC[C@H](C)N1CCCl.N. The monoisotopic (exact) mass is 192 g/mol. The van der Waals surface area contributed by atoms with E-state index in [1.807, 2.05) is 0 Å². The Labute approximate surface area is 80.9 Å². The molecular formula is C9H21ClN2. The van der Waals surface area contributed by atoms with Gasteiger partial charge in [-0.25, -0.2) is 0 Å². The van der Waals surface area contributed by atoms with E-state index in [1.165, 1.54) is 19.3 Å². The van der Waals surface area contributed by atoms with E-state index in [-0.39, 0.29) is 6.15 Å². The van der Waals surface area contributed by atoms with Crippen LogP contribution in [0.5, 0.6) is 0 Å². The number of hydrogen-bond donors (Lipinski definition) is 1. The highest BCUT2D eigenvalue weighted by molar-refractivity contribution is 6.18. The summed E-state index contributed by atoms with van der Waals surface area (Å²) in [5.74, 6) is 0.773. The normalized spacial score (nSPS) is 31.2. The first-order valence-corrected chi connectivity index (χ1v) is 5.11. The summed E-state index contributed by atoms with van der Waals surface area (Å²) in [6.07, 6.45) is 4.09. The number of piperidine rings is 1. The van der Waals surface area contributed by atoms with E-state index in [0.717, 1.165) is 24.5 Å². The highest BCUT2D eigenvalue weighted by atomic mass is 35.5. The van der Waals surface area contributed by atoms with Crippen LogP contribution in [0.4, 0.5) is 0 Å². The Bertz CT molecular complexity index is 109. The molecule has 3 heteroatoms. The van der Waals surface area contributed by atoms with Crippen LogP contribution in [0, 0.1) is 0 Å². The second kappa shape index (κ2) is 5.79. The molecule has 1 fully saturated rings. The lowest BCUT2D eigenvalue weighted by molar-refractivity contribution is 0.112. The van der Waals surface area contributed by atoms with E-state index in [0.29, 0.717) is 0 Å². The minimum Gasteiger partial charge on any atom is -0.344 e. The maximum atomic E-state index is 5.72. The second-order valence-corrected chi connectivity index (χ2v) is 3.93. The molecule has 0 saturated carbocycles. The van der Waals surface area contributed by atoms with Crippen molar-refractivity contribution in [2.75, 3.05) is 12.4 Å². The zero-order valence-electron chi connectivity index (χ0n) is 8.22. The summed E-state index contributed by atoms with van der Waals surface area (Å²) in [7, 11) is 0. The molecule has 0 aromatic rings. The van der Waals surface area contributed by atoms with E-state index in [2.05, 4.69) is 18.7 Å². The average Bonchev–Trinajstić information content (AvgIpc) is 1.97. The molecule has 12 heavy (non-hydrogen) atoms. The fourth-order valence-electron chi connectivity index (χ4n) is 2.01. The van der Waals surface area contributed by atoms with Crippen molar-refractivity contribution < 1.29 is 0 Å². The fourth-order valence-corrected chi connectivity index (χ4v) is 2.21. The first-order chi connectivity index (χ1) is 5.25. The van der Waals surface area contributed by atoms with Gasteiger partial charge in [0.05, 0.1) is 0 Å². The van der Waals surface area contributed by atoms with E-state index >= 15 is 0 Å². The molecule has 0 spiro atoms. The van der Waals surface area contributed by atoms with Gasteiger partial charge in [-0.3, -0.25) is 4.90 Å². The molecule has 0 aromatic carbocycles.